The molecule has 0 aliphatic carbocycles. The van der Waals surface area contributed by atoms with Gasteiger partial charge in [-0.15, -0.1) is 0 Å². The molecular weight excluding hydrogens is 470 g/mol. The number of nitrogens with one attached hydrogen (secondary N) is 2. The van der Waals surface area contributed by atoms with Crippen LogP contribution in [0.4, 0.5) is 17.2 Å². The van der Waals surface area contributed by atoms with Crippen LogP contribution in [0.2, 0.25) is 0 Å². The maximum atomic E-state index is 11.9. The van der Waals surface area contributed by atoms with E-state index in [2.05, 4.69) is 46.5 Å². The third kappa shape index (κ3) is 4.95. The molecule has 2 atom stereocenters. The van der Waals surface area contributed by atoms with Crippen molar-refractivity contribution in [3.63, 3.8) is 0 Å². The first kappa shape index (κ1) is 24.6. The number of hydrogen-bond acceptors (Lipinski definition) is 9. The molecule has 0 spiro atoms. The summed E-state index contributed by atoms with van der Waals surface area (Å²) in [4.78, 5) is 23.6. The van der Waals surface area contributed by atoms with Crippen molar-refractivity contribution in [1.82, 2.24) is 15.3 Å². The van der Waals surface area contributed by atoms with Gasteiger partial charge in [-0.3, -0.25) is 0 Å². The molecule has 0 amide bonds. The summed E-state index contributed by atoms with van der Waals surface area (Å²) in [5.41, 5.74) is 6.27. The Morgan fingerprint density at radius 3 is 2.81 bits per heavy atom. The number of hydrogen-bond donors (Lipinski definition) is 2. The Balaban J connectivity index is 1.55. The molecule has 9 nitrogen and oxygen atoms in total. The quantitative estimate of drug-likeness (QED) is 0.461. The minimum absolute atomic E-state index is 0.203. The predicted octanol–water partition coefficient (Wildman–Crippen LogP) is 4.25. The number of carbonyl (C=O) groups excluding carboxylic acids is 1. The Morgan fingerprint density at radius 1 is 1.22 bits per heavy atom. The topological polar surface area (TPSA) is 97.8 Å². The minimum atomic E-state index is -0.518. The average Bonchev–Trinajstić information content (AvgIpc) is 2.92. The second-order valence-corrected chi connectivity index (χ2v) is 9.15. The van der Waals surface area contributed by atoms with Gasteiger partial charge in [0.1, 0.15) is 23.9 Å². The zero-order chi connectivity index (χ0) is 25.9. The number of methoxy groups -OCH3 is 2. The number of ether oxygens (including phenoxy) is 3. The third-order valence-corrected chi connectivity index (χ3v) is 6.66. The molecule has 0 bridgehead atoms. The standard InChI is InChI=1S/C28H31N5O4/c1-17-11-20(5-6-24(17)33-9-10-37-18(2)15-33)31-28-27-19(7-8-29-23(27)16-34)12-22(32-28)21-14-30-26(36-4)13-25(21)35-3/h5-8,11-14,16,18,23,29H,9-10,15H2,1-4H3,(H,31,32). The van der Waals surface area contributed by atoms with E-state index in [0.29, 0.717) is 23.1 Å². The first-order valence-corrected chi connectivity index (χ1v) is 12.3. The highest BCUT2D eigenvalue weighted by Gasteiger charge is 2.24. The summed E-state index contributed by atoms with van der Waals surface area (Å²) in [7, 11) is 3.16. The van der Waals surface area contributed by atoms with Crippen LogP contribution in [-0.2, 0) is 9.53 Å². The van der Waals surface area contributed by atoms with E-state index in [4.69, 9.17) is 19.2 Å². The van der Waals surface area contributed by atoms with E-state index < -0.39 is 6.04 Å². The van der Waals surface area contributed by atoms with Crippen LogP contribution < -0.4 is 25.0 Å². The fourth-order valence-electron chi connectivity index (χ4n) is 4.86. The largest absolute Gasteiger partial charge is 0.496 e. The van der Waals surface area contributed by atoms with Gasteiger partial charge in [0.2, 0.25) is 5.88 Å². The van der Waals surface area contributed by atoms with E-state index >= 15 is 0 Å². The van der Waals surface area contributed by atoms with E-state index in [9.17, 15) is 4.79 Å². The van der Waals surface area contributed by atoms with Crippen LogP contribution in [0.25, 0.3) is 17.3 Å². The molecule has 2 N–H and O–H groups in total. The van der Waals surface area contributed by atoms with Gasteiger partial charge >= 0.3 is 0 Å². The van der Waals surface area contributed by atoms with Crippen molar-refractivity contribution in [3.05, 3.63) is 59.4 Å². The number of rotatable bonds is 7. The molecule has 1 saturated heterocycles. The maximum absolute atomic E-state index is 11.9. The number of fused-ring (bicyclic) bond motifs is 1. The summed E-state index contributed by atoms with van der Waals surface area (Å²) < 4.78 is 16.5. The Kier molecular flexibility index (Phi) is 6.96. The Labute approximate surface area is 216 Å². The molecule has 9 heteroatoms. The molecule has 2 aromatic heterocycles. The van der Waals surface area contributed by atoms with Crippen LogP contribution >= 0.6 is 0 Å². The first-order valence-electron chi connectivity index (χ1n) is 12.3. The molecule has 2 aliphatic heterocycles. The van der Waals surface area contributed by atoms with Crippen LogP contribution in [0.1, 0.15) is 29.7 Å². The van der Waals surface area contributed by atoms with Gasteiger partial charge in [0.25, 0.3) is 0 Å². The number of aldehydes is 1. The smallest absolute Gasteiger partial charge is 0.216 e. The summed E-state index contributed by atoms with van der Waals surface area (Å²) in [5.74, 6) is 1.63. The molecule has 4 heterocycles. The van der Waals surface area contributed by atoms with Crippen LogP contribution in [-0.4, -0.2) is 56.3 Å². The van der Waals surface area contributed by atoms with Crippen molar-refractivity contribution >= 4 is 29.6 Å². The molecule has 1 fully saturated rings. The van der Waals surface area contributed by atoms with Crippen LogP contribution in [0, 0.1) is 6.92 Å². The van der Waals surface area contributed by atoms with Gasteiger partial charge in [0.15, 0.2) is 0 Å². The molecule has 0 saturated carbocycles. The second-order valence-electron chi connectivity index (χ2n) is 9.15. The lowest BCUT2D eigenvalue weighted by molar-refractivity contribution is -0.109. The lowest BCUT2D eigenvalue weighted by Gasteiger charge is -2.34. The van der Waals surface area contributed by atoms with Crippen molar-refractivity contribution in [3.8, 4) is 22.9 Å². The van der Waals surface area contributed by atoms with Crippen molar-refractivity contribution < 1.29 is 19.0 Å². The highest BCUT2D eigenvalue weighted by Crippen LogP contribution is 2.38. The third-order valence-electron chi connectivity index (χ3n) is 6.66. The van der Waals surface area contributed by atoms with Crippen LogP contribution in [0.15, 0.2) is 42.7 Å². The van der Waals surface area contributed by atoms with E-state index in [1.165, 1.54) is 5.69 Å². The van der Waals surface area contributed by atoms with Crippen molar-refractivity contribution in [1.29, 1.82) is 0 Å². The Morgan fingerprint density at radius 2 is 2.08 bits per heavy atom. The normalized spacial score (nSPS) is 18.5. The van der Waals surface area contributed by atoms with E-state index in [1.807, 2.05) is 18.2 Å². The average molecular weight is 502 g/mol. The van der Waals surface area contributed by atoms with E-state index in [-0.39, 0.29) is 6.10 Å². The van der Waals surface area contributed by atoms with Crippen molar-refractivity contribution in [2.75, 3.05) is 44.1 Å². The summed E-state index contributed by atoms with van der Waals surface area (Å²) in [6, 6.07) is 9.42. The highest BCUT2D eigenvalue weighted by molar-refractivity contribution is 5.81. The van der Waals surface area contributed by atoms with Gasteiger partial charge < -0.3 is 34.5 Å². The van der Waals surface area contributed by atoms with Crippen LogP contribution in [0.3, 0.4) is 0 Å². The fourth-order valence-corrected chi connectivity index (χ4v) is 4.86. The van der Waals surface area contributed by atoms with Crippen molar-refractivity contribution in [2.45, 2.75) is 26.0 Å². The number of pyridine rings is 2. The molecule has 37 heavy (non-hydrogen) atoms. The number of nitrogens with zero attached hydrogens (tertiary/aromatic N) is 3. The summed E-state index contributed by atoms with van der Waals surface area (Å²) in [6.07, 6.45) is 6.48. The monoisotopic (exact) mass is 501 g/mol. The van der Waals surface area contributed by atoms with Gasteiger partial charge in [0, 0.05) is 42.3 Å². The summed E-state index contributed by atoms with van der Waals surface area (Å²) >= 11 is 0. The van der Waals surface area contributed by atoms with Crippen molar-refractivity contribution in [2.24, 2.45) is 0 Å². The zero-order valence-electron chi connectivity index (χ0n) is 21.4. The molecule has 2 aliphatic rings. The lowest BCUT2D eigenvalue weighted by Crippen LogP contribution is -2.41. The fraction of sp³-hybridized carbons (Fsp3) is 0.321. The molecule has 2 unspecified atom stereocenters. The SMILES string of the molecule is COc1cc(OC)c(-c2cc3c(c(Nc4ccc(N5CCOC(C)C5)c(C)c4)n2)C(C=O)NC=C3)cn1. The molecule has 5 rings (SSSR count). The number of anilines is 3. The molecule has 0 radical (unpaired) electrons. The second kappa shape index (κ2) is 10.5. The van der Waals surface area contributed by atoms with Gasteiger partial charge in [-0.25, -0.2) is 9.97 Å². The number of aryl methyl sites for hydroxylation is 1. The zero-order valence-corrected chi connectivity index (χ0v) is 21.4. The van der Waals surface area contributed by atoms with Gasteiger partial charge in [-0.05, 0) is 61.5 Å². The minimum Gasteiger partial charge on any atom is -0.496 e. The summed E-state index contributed by atoms with van der Waals surface area (Å²) in [5, 5.41) is 6.59. The van der Waals surface area contributed by atoms with Gasteiger partial charge in [-0.2, -0.15) is 0 Å². The number of carbonyl (C=O) groups is 1. The highest BCUT2D eigenvalue weighted by atomic mass is 16.5. The molecule has 192 valence electrons. The molecular formula is C28H31N5O4. The number of benzene rings is 1. The lowest BCUT2D eigenvalue weighted by atomic mass is 9.97. The Hall–Kier alpha value is -4.11. The number of aromatic nitrogens is 2. The molecule has 1 aromatic carbocycles. The van der Waals surface area contributed by atoms with Gasteiger partial charge in [-0.1, -0.05) is 0 Å². The van der Waals surface area contributed by atoms with E-state index in [1.54, 1.807) is 32.7 Å². The Bertz CT molecular complexity index is 1340. The van der Waals surface area contributed by atoms with Crippen LogP contribution in [0.5, 0.6) is 11.6 Å². The predicted molar refractivity (Wildman–Crippen MR) is 144 cm³/mol. The summed E-state index contributed by atoms with van der Waals surface area (Å²) in [6.45, 7) is 6.65. The molecule has 3 aromatic rings. The number of morpholine rings is 1. The maximum Gasteiger partial charge on any atom is 0.216 e. The first-order chi connectivity index (χ1) is 18.0. The van der Waals surface area contributed by atoms with E-state index in [0.717, 1.165) is 53.9 Å². The van der Waals surface area contributed by atoms with Gasteiger partial charge in [0.05, 0.1) is 38.2 Å².